The highest BCUT2D eigenvalue weighted by Crippen LogP contribution is 2.33. The predicted octanol–water partition coefficient (Wildman–Crippen LogP) is 3.53. The van der Waals surface area contributed by atoms with E-state index in [1.165, 1.54) is 0 Å². The second-order valence-electron chi connectivity index (χ2n) is 4.14. The Hall–Kier alpha value is -0.0900. The van der Waals surface area contributed by atoms with Gasteiger partial charge in [0, 0.05) is 28.8 Å². The molecule has 1 aromatic rings. The first-order chi connectivity index (χ1) is 7.68. The maximum absolute atomic E-state index is 6.30. The van der Waals surface area contributed by atoms with Crippen molar-refractivity contribution in [1.29, 1.82) is 0 Å². The van der Waals surface area contributed by atoms with Gasteiger partial charge in [0.15, 0.2) is 0 Å². The molecule has 2 N–H and O–H groups in total. The Morgan fingerprint density at radius 1 is 1.38 bits per heavy atom. The number of benzene rings is 1. The molecule has 0 unspecified atom stereocenters. The third-order valence-corrected chi connectivity index (χ3v) is 4.05. The molecule has 0 bridgehead atoms. The van der Waals surface area contributed by atoms with Gasteiger partial charge in [-0.3, -0.25) is 0 Å². The van der Waals surface area contributed by atoms with Crippen molar-refractivity contribution in [1.82, 2.24) is 0 Å². The molecule has 1 aliphatic rings. The van der Waals surface area contributed by atoms with Crippen LogP contribution in [0.25, 0.3) is 0 Å². The molecule has 2 rings (SSSR count). The molecular weight excluding hydrogens is 289 g/mol. The van der Waals surface area contributed by atoms with Crippen molar-refractivity contribution in [3.8, 4) is 0 Å². The molecule has 1 aliphatic heterocycles. The quantitative estimate of drug-likeness (QED) is 0.907. The van der Waals surface area contributed by atoms with Crippen LogP contribution in [0.4, 0.5) is 0 Å². The summed E-state index contributed by atoms with van der Waals surface area (Å²) >= 11 is 9.53. The Kier molecular flexibility index (Phi) is 4.25. The third-order valence-electron chi connectivity index (χ3n) is 3.09. The van der Waals surface area contributed by atoms with Gasteiger partial charge in [0.2, 0.25) is 0 Å². The molecule has 1 fully saturated rings. The molecule has 0 aliphatic carbocycles. The number of hydrogen-bond acceptors (Lipinski definition) is 2. The summed E-state index contributed by atoms with van der Waals surface area (Å²) in [7, 11) is 0. The van der Waals surface area contributed by atoms with Gasteiger partial charge < -0.3 is 10.5 Å². The summed E-state index contributed by atoms with van der Waals surface area (Å²) in [6, 6.07) is 5.81. The van der Waals surface area contributed by atoms with Gasteiger partial charge in [0.25, 0.3) is 0 Å². The van der Waals surface area contributed by atoms with Crippen LogP contribution in [0.2, 0.25) is 5.02 Å². The molecule has 0 amide bonds. The third kappa shape index (κ3) is 2.77. The molecule has 1 saturated heterocycles. The molecule has 0 spiro atoms. The van der Waals surface area contributed by atoms with Gasteiger partial charge >= 0.3 is 0 Å². The van der Waals surface area contributed by atoms with Gasteiger partial charge in [0.05, 0.1) is 0 Å². The summed E-state index contributed by atoms with van der Waals surface area (Å²) in [5, 5.41) is 0.737. The number of rotatable bonds is 2. The highest BCUT2D eigenvalue weighted by molar-refractivity contribution is 9.10. The lowest BCUT2D eigenvalue weighted by atomic mass is 9.88. The van der Waals surface area contributed by atoms with Crippen LogP contribution in [0, 0.1) is 5.92 Å². The van der Waals surface area contributed by atoms with Crippen LogP contribution in [-0.2, 0) is 4.74 Å². The van der Waals surface area contributed by atoms with Gasteiger partial charge in [-0.05, 0) is 42.5 Å². The number of nitrogens with two attached hydrogens (primary N) is 1. The zero-order valence-corrected chi connectivity index (χ0v) is 11.3. The largest absolute Gasteiger partial charge is 0.381 e. The smallest absolute Gasteiger partial charge is 0.0469 e. The Morgan fingerprint density at radius 2 is 2.06 bits per heavy atom. The van der Waals surface area contributed by atoms with Crippen LogP contribution in [-0.4, -0.2) is 13.2 Å². The Labute approximate surface area is 109 Å². The Bertz CT molecular complexity index is 366. The van der Waals surface area contributed by atoms with Crippen LogP contribution in [0.15, 0.2) is 22.7 Å². The normalized spacial score (nSPS) is 19.7. The monoisotopic (exact) mass is 303 g/mol. The topological polar surface area (TPSA) is 35.2 Å². The summed E-state index contributed by atoms with van der Waals surface area (Å²) in [6.45, 7) is 1.63. The fourth-order valence-electron chi connectivity index (χ4n) is 2.10. The first kappa shape index (κ1) is 12.4. The fraction of sp³-hybridized carbons (Fsp3) is 0.500. The summed E-state index contributed by atoms with van der Waals surface area (Å²) in [4.78, 5) is 0. The maximum Gasteiger partial charge on any atom is 0.0469 e. The number of hydrogen-bond donors (Lipinski definition) is 1. The molecule has 1 aromatic carbocycles. The summed E-state index contributed by atoms with van der Waals surface area (Å²) in [5.41, 5.74) is 7.39. The second kappa shape index (κ2) is 5.50. The van der Waals surface area contributed by atoms with Crippen molar-refractivity contribution in [2.75, 3.05) is 13.2 Å². The van der Waals surface area contributed by atoms with E-state index >= 15 is 0 Å². The standard InChI is InChI=1S/C12H15BrClNO/c13-11-2-1-9(14)7-10(11)12(15)8-3-5-16-6-4-8/h1-2,7-8,12H,3-6,15H2/t12-/m0/s1. The number of ether oxygens (including phenoxy) is 1. The minimum atomic E-state index is 0.0389. The van der Waals surface area contributed by atoms with E-state index in [0.29, 0.717) is 5.92 Å². The van der Waals surface area contributed by atoms with E-state index < -0.39 is 0 Å². The molecular formula is C12H15BrClNO. The van der Waals surface area contributed by atoms with Crippen molar-refractivity contribution < 1.29 is 4.74 Å². The highest BCUT2D eigenvalue weighted by Gasteiger charge is 2.23. The van der Waals surface area contributed by atoms with E-state index in [1.54, 1.807) is 0 Å². The highest BCUT2D eigenvalue weighted by atomic mass is 79.9. The van der Waals surface area contributed by atoms with Crippen LogP contribution >= 0.6 is 27.5 Å². The fourth-order valence-corrected chi connectivity index (χ4v) is 2.79. The average molecular weight is 305 g/mol. The van der Waals surface area contributed by atoms with E-state index in [2.05, 4.69) is 15.9 Å². The van der Waals surface area contributed by atoms with Crippen LogP contribution in [0.3, 0.4) is 0 Å². The van der Waals surface area contributed by atoms with Crippen molar-refractivity contribution in [2.45, 2.75) is 18.9 Å². The summed E-state index contributed by atoms with van der Waals surface area (Å²) in [5.74, 6) is 0.489. The molecule has 1 heterocycles. The van der Waals surface area contributed by atoms with Gasteiger partial charge in [-0.2, -0.15) is 0 Å². The van der Waals surface area contributed by atoms with Crippen molar-refractivity contribution in [3.63, 3.8) is 0 Å². The molecule has 2 nitrogen and oxygen atoms in total. The van der Waals surface area contributed by atoms with Gasteiger partial charge in [-0.25, -0.2) is 0 Å². The van der Waals surface area contributed by atoms with Crippen molar-refractivity contribution >= 4 is 27.5 Å². The minimum Gasteiger partial charge on any atom is -0.381 e. The van der Waals surface area contributed by atoms with Crippen molar-refractivity contribution in [3.05, 3.63) is 33.3 Å². The van der Waals surface area contributed by atoms with Crippen LogP contribution < -0.4 is 5.73 Å². The number of halogens is 2. The first-order valence-electron chi connectivity index (χ1n) is 5.47. The van der Waals surface area contributed by atoms with E-state index in [4.69, 9.17) is 22.1 Å². The summed E-state index contributed by atoms with van der Waals surface area (Å²) < 4.78 is 6.38. The maximum atomic E-state index is 6.30. The second-order valence-corrected chi connectivity index (χ2v) is 5.43. The molecule has 4 heteroatoms. The SMILES string of the molecule is N[C@H](c1cc(Cl)ccc1Br)C1CCOCC1. The minimum absolute atomic E-state index is 0.0389. The molecule has 0 aromatic heterocycles. The molecule has 16 heavy (non-hydrogen) atoms. The van der Waals surface area contributed by atoms with E-state index in [-0.39, 0.29) is 6.04 Å². The van der Waals surface area contributed by atoms with Gasteiger partial charge in [-0.1, -0.05) is 27.5 Å². The average Bonchev–Trinajstić information content (AvgIpc) is 2.32. The Morgan fingerprint density at radius 3 is 2.75 bits per heavy atom. The van der Waals surface area contributed by atoms with E-state index in [1.807, 2.05) is 18.2 Å². The van der Waals surface area contributed by atoms with Crippen LogP contribution in [0.1, 0.15) is 24.4 Å². The van der Waals surface area contributed by atoms with Gasteiger partial charge in [-0.15, -0.1) is 0 Å². The lowest BCUT2D eigenvalue weighted by Gasteiger charge is -2.28. The first-order valence-corrected chi connectivity index (χ1v) is 6.64. The summed E-state index contributed by atoms with van der Waals surface area (Å²) in [6.07, 6.45) is 2.06. The van der Waals surface area contributed by atoms with Gasteiger partial charge in [0.1, 0.15) is 0 Å². The van der Waals surface area contributed by atoms with E-state index in [9.17, 15) is 0 Å². The van der Waals surface area contributed by atoms with E-state index in [0.717, 1.165) is 41.1 Å². The Balaban J connectivity index is 2.18. The van der Waals surface area contributed by atoms with Crippen molar-refractivity contribution in [2.24, 2.45) is 11.7 Å². The lowest BCUT2D eigenvalue weighted by molar-refractivity contribution is 0.0583. The molecule has 88 valence electrons. The predicted molar refractivity (Wildman–Crippen MR) is 69.6 cm³/mol. The molecule has 0 radical (unpaired) electrons. The van der Waals surface area contributed by atoms with Crippen LogP contribution in [0.5, 0.6) is 0 Å². The molecule has 1 atom stereocenters. The lowest BCUT2D eigenvalue weighted by Crippen LogP contribution is -2.27. The molecule has 0 saturated carbocycles. The zero-order chi connectivity index (χ0) is 11.5. The zero-order valence-electron chi connectivity index (χ0n) is 8.96.